The van der Waals surface area contributed by atoms with Gasteiger partial charge in [0.2, 0.25) is 6.54 Å². The highest BCUT2D eigenvalue weighted by Gasteiger charge is 2.23. The number of rotatable bonds is 5. The molecular formula is C18H16N2O2. The van der Waals surface area contributed by atoms with Gasteiger partial charge in [0.1, 0.15) is 0 Å². The van der Waals surface area contributed by atoms with E-state index >= 15 is 0 Å². The standard InChI is InChI=1S/C18H16N2O2/c21-20(22)13-17(14-7-3-1-4-8-14)16-11-12-19-18(16)15-9-5-2-6-10-15/h1-12,17,19H,13H2. The second kappa shape index (κ2) is 6.26. The summed E-state index contributed by atoms with van der Waals surface area (Å²) >= 11 is 0. The molecule has 0 aliphatic rings. The first-order chi connectivity index (χ1) is 10.8. The van der Waals surface area contributed by atoms with Crippen LogP contribution in [0.1, 0.15) is 17.0 Å². The number of nitro groups is 1. The summed E-state index contributed by atoms with van der Waals surface area (Å²) in [7, 11) is 0. The van der Waals surface area contributed by atoms with E-state index < -0.39 is 0 Å². The topological polar surface area (TPSA) is 58.9 Å². The third kappa shape index (κ3) is 2.91. The maximum Gasteiger partial charge on any atom is 0.214 e. The average molecular weight is 292 g/mol. The zero-order valence-electron chi connectivity index (χ0n) is 12.0. The first-order valence-electron chi connectivity index (χ1n) is 7.15. The van der Waals surface area contributed by atoms with Crippen molar-refractivity contribution in [3.63, 3.8) is 0 Å². The molecule has 0 spiro atoms. The predicted molar refractivity (Wildman–Crippen MR) is 86.4 cm³/mol. The van der Waals surface area contributed by atoms with Gasteiger partial charge in [-0.25, -0.2) is 0 Å². The lowest BCUT2D eigenvalue weighted by Gasteiger charge is -2.14. The third-order valence-electron chi connectivity index (χ3n) is 3.75. The van der Waals surface area contributed by atoms with E-state index in [9.17, 15) is 10.1 Å². The summed E-state index contributed by atoms with van der Waals surface area (Å²) in [5.41, 5.74) is 3.88. The van der Waals surface area contributed by atoms with Crippen molar-refractivity contribution in [1.29, 1.82) is 0 Å². The Hall–Kier alpha value is -2.88. The molecule has 0 amide bonds. The minimum atomic E-state index is -0.266. The van der Waals surface area contributed by atoms with Crippen LogP contribution in [-0.4, -0.2) is 16.5 Å². The molecule has 1 heterocycles. The van der Waals surface area contributed by atoms with Crippen LogP contribution in [0.4, 0.5) is 0 Å². The largest absolute Gasteiger partial charge is 0.361 e. The van der Waals surface area contributed by atoms with Gasteiger partial charge in [-0.3, -0.25) is 10.1 Å². The van der Waals surface area contributed by atoms with Crippen molar-refractivity contribution in [2.75, 3.05) is 6.54 Å². The molecule has 3 rings (SSSR count). The summed E-state index contributed by atoms with van der Waals surface area (Å²) in [6.45, 7) is -0.123. The smallest absolute Gasteiger partial charge is 0.214 e. The molecule has 0 saturated heterocycles. The third-order valence-corrected chi connectivity index (χ3v) is 3.75. The van der Waals surface area contributed by atoms with Crippen LogP contribution in [0.25, 0.3) is 11.3 Å². The molecule has 0 fully saturated rings. The second-order valence-corrected chi connectivity index (χ2v) is 5.15. The van der Waals surface area contributed by atoms with E-state index in [0.717, 1.165) is 22.4 Å². The van der Waals surface area contributed by atoms with E-state index in [4.69, 9.17) is 0 Å². The molecule has 4 nitrogen and oxygen atoms in total. The molecule has 2 aromatic carbocycles. The van der Waals surface area contributed by atoms with Gasteiger partial charge < -0.3 is 4.98 Å². The molecular weight excluding hydrogens is 276 g/mol. The molecule has 22 heavy (non-hydrogen) atoms. The van der Waals surface area contributed by atoms with Crippen LogP contribution >= 0.6 is 0 Å². The van der Waals surface area contributed by atoms with Crippen LogP contribution in [0.2, 0.25) is 0 Å². The number of hydrogen-bond donors (Lipinski definition) is 1. The van der Waals surface area contributed by atoms with Gasteiger partial charge in [0.15, 0.2) is 0 Å². The highest BCUT2D eigenvalue weighted by atomic mass is 16.6. The summed E-state index contributed by atoms with van der Waals surface area (Å²) in [6, 6.07) is 21.5. The molecule has 0 aliphatic heterocycles. The lowest BCUT2D eigenvalue weighted by molar-refractivity contribution is -0.481. The fraction of sp³-hybridized carbons (Fsp3) is 0.111. The van der Waals surface area contributed by atoms with Crippen molar-refractivity contribution < 1.29 is 4.92 Å². The van der Waals surface area contributed by atoms with Crippen LogP contribution in [0, 0.1) is 10.1 Å². The van der Waals surface area contributed by atoms with Crippen LogP contribution in [0.15, 0.2) is 72.9 Å². The molecule has 1 N–H and O–H groups in total. The molecule has 0 bridgehead atoms. The number of nitrogens with zero attached hydrogens (tertiary/aromatic N) is 1. The van der Waals surface area contributed by atoms with Crippen molar-refractivity contribution in [3.05, 3.63) is 94.2 Å². The molecule has 110 valence electrons. The van der Waals surface area contributed by atoms with E-state index in [2.05, 4.69) is 4.98 Å². The van der Waals surface area contributed by atoms with E-state index in [1.165, 1.54) is 0 Å². The lowest BCUT2D eigenvalue weighted by atomic mass is 9.90. The van der Waals surface area contributed by atoms with Crippen LogP contribution in [0.3, 0.4) is 0 Å². The minimum absolute atomic E-state index is 0.123. The summed E-state index contributed by atoms with van der Waals surface area (Å²) in [5, 5.41) is 11.1. The summed E-state index contributed by atoms with van der Waals surface area (Å²) in [5.74, 6) is -0.266. The number of aromatic nitrogens is 1. The van der Waals surface area contributed by atoms with Crippen LogP contribution in [-0.2, 0) is 0 Å². The molecule has 0 aliphatic carbocycles. The van der Waals surface area contributed by atoms with E-state index in [0.29, 0.717) is 0 Å². The zero-order chi connectivity index (χ0) is 15.4. The quantitative estimate of drug-likeness (QED) is 0.568. The number of hydrogen-bond acceptors (Lipinski definition) is 2. The van der Waals surface area contributed by atoms with Gasteiger partial charge in [0.25, 0.3) is 0 Å². The van der Waals surface area contributed by atoms with E-state index in [1.54, 1.807) is 0 Å². The molecule has 0 saturated carbocycles. The summed E-state index contributed by atoms with van der Waals surface area (Å²) < 4.78 is 0. The van der Waals surface area contributed by atoms with Crippen LogP contribution in [0.5, 0.6) is 0 Å². The van der Waals surface area contributed by atoms with Crippen molar-refractivity contribution in [3.8, 4) is 11.3 Å². The normalized spacial score (nSPS) is 12.0. The number of aromatic amines is 1. The Morgan fingerprint density at radius 2 is 1.59 bits per heavy atom. The Kier molecular flexibility index (Phi) is 4.01. The fourth-order valence-corrected chi connectivity index (χ4v) is 2.74. The van der Waals surface area contributed by atoms with Gasteiger partial charge in [0.05, 0.1) is 5.92 Å². The van der Waals surface area contributed by atoms with E-state index in [1.807, 2.05) is 72.9 Å². The number of H-pyrrole nitrogens is 1. The lowest BCUT2D eigenvalue weighted by Crippen LogP contribution is -2.14. The molecule has 1 atom stereocenters. The Morgan fingerprint density at radius 1 is 0.955 bits per heavy atom. The second-order valence-electron chi connectivity index (χ2n) is 5.15. The summed E-state index contributed by atoms with van der Waals surface area (Å²) in [4.78, 5) is 14.1. The highest BCUT2D eigenvalue weighted by molar-refractivity contribution is 5.65. The first-order valence-corrected chi connectivity index (χ1v) is 7.15. The SMILES string of the molecule is O=[N+]([O-])CC(c1ccccc1)c1cc[nH]c1-c1ccccc1. The molecule has 1 unspecified atom stereocenters. The van der Waals surface area contributed by atoms with Crippen molar-refractivity contribution >= 4 is 0 Å². The average Bonchev–Trinajstić information content (AvgIpc) is 3.03. The first kappa shape index (κ1) is 14.1. The minimum Gasteiger partial charge on any atom is -0.361 e. The van der Waals surface area contributed by atoms with Crippen molar-refractivity contribution in [2.24, 2.45) is 0 Å². The van der Waals surface area contributed by atoms with E-state index in [-0.39, 0.29) is 17.4 Å². The monoisotopic (exact) mass is 292 g/mol. The number of nitrogens with one attached hydrogen (secondary N) is 1. The molecule has 4 heteroatoms. The summed E-state index contributed by atoms with van der Waals surface area (Å²) in [6.07, 6.45) is 1.84. The van der Waals surface area contributed by atoms with Crippen molar-refractivity contribution in [2.45, 2.75) is 5.92 Å². The maximum atomic E-state index is 11.1. The van der Waals surface area contributed by atoms with Gasteiger partial charge in [-0.1, -0.05) is 60.7 Å². The van der Waals surface area contributed by atoms with Gasteiger partial charge in [-0.2, -0.15) is 0 Å². The molecule has 0 radical (unpaired) electrons. The maximum absolute atomic E-state index is 11.1. The van der Waals surface area contributed by atoms with Gasteiger partial charge in [-0.05, 0) is 22.8 Å². The van der Waals surface area contributed by atoms with Crippen molar-refractivity contribution in [1.82, 2.24) is 4.98 Å². The van der Waals surface area contributed by atoms with Gasteiger partial charge in [-0.15, -0.1) is 0 Å². The van der Waals surface area contributed by atoms with Gasteiger partial charge >= 0.3 is 0 Å². The Balaban J connectivity index is 2.06. The number of benzene rings is 2. The van der Waals surface area contributed by atoms with Gasteiger partial charge in [0, 0.05) is 16.8 Å². The predicted octanol–water partition coefficient (Wildman–Crippen LogP) is 4.09. The highest BCUT2D eigenvalue weighted by Crippen LogP contribution is 2.32. The molecule has 3 aromatic rings. The van der Waals surface area contributed by atoms with Crippen LogP contribution < -0.4 is 0 Å². The fourth-order valence-electron chi connectivity index (χ4n) is 2.74. The Labute approximate surface area is 128 Å². The Bertz CT molecular complexity index is 751. The Morgan fingerprint density at radius 3 is 2.23 bits per heavy atom. The molecule has 1 aromatic heterocycles. The zero-order valence-corrected chi connectivity index (χ0v) is 12.0.